The van der Waals surface area contributed by atoms with Crippen LogP contribution in [0, 0.1) is 13.8 Å². The Morgan fingerprint density at radius 3 is 2.46 bits per heavy atom. The van der Waals surface area contributed by atoms with Crippen molar-refractivity contribution in [2.45, 2.75) is 20.4 Å². The second kappa shape index (κ2) is 7.45. The van der Waals surface area contributed by atoms with E-state index < -0.39 is 0 Å². The topological polar surface area (TPSA) is 48.5 Å². The highest BCUT2D eigenvalue weighted by molar-refractivity contribution is 5.89. The SMILES string of the molecule is Cc1ccc(NC(=O)N2CCN(Cc3ncccc3C)CC2)cc1. The smallest absolute Gasteiger partial charge is 0.321 e. The lowest BCUT2D eigenvalue weighted by atomic mass is 10.2. The molecule has 0 saturated carbocycles. The molecule has 0 atom stereocenters. The zero-order valence-corrected chi connectivity index (χ0v) is 14.3. The van der Waals surface area contributed by atoms with Gasteiger partial charge in [0.05, 0.1) is 5.69 Å². The first-order chi connectivity index (χ1) is 11.6. The minimum absolute atomic E-state index is 0.0208. The minimum atomic E-state index is -0.0208. The van der Waals surface area contributed by atoms with Crippen LogP contribution in [0.4, 0.5) is 10.5 Å². The van der Waals surface area contributed by atoms with Crippen molar-refractivity contribution in [1.82, 2.24) is 14.8 Å². The third-order valence-corrected chi connectivity index (χ3v) is 4.45. The zero-order valence-electron chi connectivity index (χ0n) is 14.3. The van der Waals surface area contributed by atoms with Gasteiger partial charge in [-0.3, -0.25) is 9.88 Å². The van der Waals surface area contributed by atoms with Gasteiger partial charge in [0.25, 0.3) is 0 Å². The number of hydrogen-bond donors (Lipinski definition) is 1. The maximum atomic E-state index is 12.4. The van der Waals surface area contributed by atoms with Gasteiger partial charge in [-0.05, 0) is 37.6 Å². The van der Waals surface area contributed by atoms with E-state index >= 15 is 0 Å². The number of rotatable bonds is 3. The number of hydrogen-bond acceptors (Lipinski definition) is 3. The first kappa shape index (κ1) is 16.5. The molecule has 126 valence electrons. The van der Waals surface area contributed by atoms with Crippen molar-refractivity contribution in [3.05, 3.63) is 59.4 Å². The molecule has 0 aliphatic carbocycles. The summed E-state index contributed by atoms with van der Waals surface area (Å²) < 4.78 is 0. The molecule has 5 heteroatoms. The van der Waals surface area contributed by atoms with E-state index in [1.807, 2.05) is 48.4 Å². The number of anilines is 1. The van der Waals surface area contributed by atoms with Gasteiger partial charge in [-0.1, -0.05) is 23.8 Å². The van der Waals surface area contributed by atoms with Crippen molar-refractivity contribution < 1.29 is 4.79 Å². The molecular weight excluding hydrogens is 300 g/mol. The normalized spacial score (nSPS) is 15.3. The number of aromatic nitrogens is 1. The van der Waals surface area contributed by atoms with Crippen LogP contribution in [0.25, 0.3) is 0 Å². The van der Waals surface area contributed by atoms with E-state index in [1.165, 1.54) is 11.1 Å². The molecule has 2 amide bonds. The lowest BCUT2D eigenvalue weighted by molar-refractivity contribution is 0.142. The van der Waals surface area contributed by atoms with E-state index in [4.69, 9.17) is 0 Å². The molecule has 1 aromatic carbocycles. The Balaban J connectivity index is 1.50. The number of amides is 2. The molecule has 0 radical (unpaired) electrons. The Bertz CT molecular complexity index is 691. The van der Waals surface area contributed by atoms with Gasteiger partial charge in [0, 0.05) is 44.6 Å². The molecule has 1 aliphatic heterocycles. The first-order valence-electron chi connectivity index (χ1n) is 8.37. The Hall–Kier alpha value is -2.40. The third kappa shape index (κ3) is 4.11. The molecule has 1 saturated heterocycles. The first-order valence-corrected chi connectivity index (χ1v) is 8.37. The zero-order chi connectivity index (χ0) is 16.9. The van der Waals surface area contributed by atoms with Gasteiger partial charge >= 0.3 is 6.03 Å². The average Bonchev–Trinajstić information content (AvgIpc) is 2.59. The summed E-state index contributed by atoms with van der Waals surface area (Å²) in [5.74, 6) is 0. The lowest BCUT2D eigenvalue weighted by Gasteiger charge is -2.34. The van der Waals surface area contributed by atoms with Crippen molar-refractivity contribution in [3.63, 3.8) is 0 Å². The van der Waals surface area contributed by atoms with Gasteiger partial charge in [0.1, 0.15) is 0 Å². The molecule has 3 rings (SSSR count). The number of benzene rings is 1. The number of pyridine rings is 1. The summed E-state index contributed by atoms with van der Waals surface area (Å²) in [4.78, 5) is 21.0. The summed E-state index contributed by atoms with van der Waals surface area (Å²) in [6.07, 6.45) is 1.84. The molecule has 0 spiro atoms. The van der Waals surface area contributed by atoms with Crippen LogP contribution in [0.1, 0.15) is 16.8 Å². The predicted octanol–water partition coefficient (Wildman–Crippen LogP) is 3.05. The van der Waals surface area contributed by atoms with Crippen LogP contribution in [-0.4, -0.2) is 47.0 Å². The fourth-order valence-corrected chi connectivity index (χ4v) is 2.84. The molecule has 0 unspecified atom stereocenters. The van der Waals surface area contributed by atoms with E-state index in [9.17, 15) is 4.79 Å². The predicted molar refractivity (Wildman–Crippen MR) is 96.0 cm³/mol. The maximum Gasteiger partial charge on any atom is 0.321 e. The van der Waals surface area contributed by atoms with Crippen LogP contribution in [-0.2, 0) is 6.54 Å². The molecule has 1 N–H and O–H groups in total. The van der Waals surface area contributed by atoms with Gasteiger partial charge in [-0.15, -0.1) is 0 Å². The number of piperazine rings is 1. The minimum Gasteiger partial charge on any atom is -0.322 e. The summed E-state index contributed by atoms with van der Waals surface area (Å²) in [5, 5.41) is 2.97. The van der Waals surface area contributed by atoms with Crippen molar-refractivity contribution in [2.75, 3.05) is 31.5 Å². The highest BCUT2D eigenvalue weighted by Gasteiger charge is 2.21. The molecule has 1 aromatic heterocycles. The Labute approximate surface area is 143 Å². The van der Waals surface area contributed by atoms with Crippen LogP contribution in [0.2, 0.25) is 0 Å². The standard InChI is InChI=1S/C19H24N4O/c1-15-5-7-17(8-6-15)21-19(24)23-12-10-22(11-13-23)14-18-16(2)4-3-9-20-18/h3-9H,10-14H2,1-2H3,(H,21,24). The summed E-state index contributed by atoms with van der Waals surface area (Å²) in [6.45, 7) is 8.20. The van der Waals surface area contributed by atoms with Crippen molar-refractivity contribution in [2.24, 2.45) is 0 Å². The van der Waals surface area contributed by atoms with Gasteiger partial charge in [-0.2, -0.15) is 0 Å². The second-order valence-corrected chi connectivity index (χ2v) is 6.33. The maximum absolute atomic E-state index is 12.4. The molecule has 2 aromatic rings. The second-order valence-electron chi connectivity index (χ2n) is 6.33. The largest absolute Gasteiger partial charge is 0.322 e. The van der Waals surface area contributed by atoms with Crippen molar-refractivity contribution in [3.8, 4) is 0 Å². The molecule has 2 heterocycles. The number of aryl methyl sites for hydroxylation is 2. The molecular formula is C19H24N4O. The highest BCUT2D eigenvalue weighted by Crippen LogP contribution is 2.13. The summed E-state index contributed by atoms with van der Waals surface area (Å²) in [5.41, 5.74) is 4.37. The Morgan fingerprint density at radius 1 is 1.08 bits per heavy atom. The summed E-state index contributed by atoms with van der Waals surface area (Å²) in [7, 11) is 0. The van der Waals surface area contributed by atoms with Crippen LogP contribution in [0.3, 0.4) is 0 Å². The fourth-order valence-electron chi connectivity index (χ4n) is 2.84. The van der Waals surface area contributed by atoms with Crippen LogP contribution in [0.15, 0.2) is 42.6 Å². The van der Waals surface area contributed by atoms with E-state index in [1.54, 1.807) is 0 Å². The molecule has 1 aliphatic rings. The number of urea groups is 1. The number of nitrogens with one attached hydrogen (secondary N) is 1. The van der Waals surface area contributed by atoms with Crippen molar-refractivity contribution in [1.29, 1.82) is 0 Å². The molecule has 1 fully saturated rings. The fraction of sp³-hybridized carbons (Fsp3) is 0.368. The third-order valence-electron chi connectivity index (χ3n) is 4.45. The summed E-state index contributed by atoms with van der Waals surface area (Å²) >= 11 is 0. The van der Waals surface area contributed by atoms with E-state index in [2.05, 4.69) is 28.2 Å². The highest BCUT2D eigenvalue weighted by atomic mass is 16.2. The van der Waals surface area contributed by atoms with E-state index in [-0.39, 0.29) is 6.03 Å². The lowest BCUT2D eigenvalue weighted by Crippen LogP contribution is -2.49. The van der Waals surface area contributed by atoms with Gasteiger partial charge in [0.15, 0.2) is 0 Å². The van der Waals surface area contributed by atoms with Crippen LogP contribution < -0.4 is 5.32 Å². The van der Waals surface area contributed by atoms with Gasteiger partial charge in [-0.25, -0.2) is 4.79 Å². The van der Waals surface area contributed by atoms with Crippen molar-refractivity contribution >= 4 is 11.7 Å². The number of carbonyl (C=O) groups is 1. The average molecular weight is 324 g/mol. The molecule has 0 bridgehead atoms. The molecule has 5 nitrogen and oxygen atoms in total. The van der Waals surface area contributed by atoms with Gasteiger partial charge < -0.3 is 10.2 Å². The van der Waals surface area contributed by atoms with E-state index in [0.717, 1.165) is 44.1 Å². The molecule has 24 heavy (non-hydrogen) atoms. The number of carbonyl (C=O) groups excluding carboxylic acids is 1. The number of nitrogens with zero attached hydrogens (tertiary/aromatic N) is 3. The monoisotopic (exact) mass is 324 g/mol. The summed E-state index contributed by atoms with van der Waals surface area (Å²) in [6, 6.07) is 11.9. The van der Waals surface area contributed by atoms with Crippen LogP contribution >= 0.6 is 0 Å². The van der Waals surface area contributed by atoms with Crippen LogP contribution in [0.5, 0.6) is 0 Å². The Kier molecular flexibility index (Phi) is 5.11. The quantitative estimate of drug-likeness (QED) is 0.944. The van der Waals surface area contributed by atoms with Gasteiger partial charge in [0.2, 0.25) is 0 Å². The van der Waals surface area contributed by atoms with E-state index in [0.29, 0.717) is 0 Å². The Morgan fingerprint density at radius 2 is 1.79 bits per heavy atom.